The highest BCUT2D eigenvalue weighted by atomic mass is 19.4. The molecule has 2 saturated heterocycles. The summed E-state index contributed by atoms with van der Waals surface area (Å²) in [5.41, 5.74) is 8.93. The Kier molecular flexibility index (Phi) is 5.48. The highest BCUT2D eigenvalue weighted by Crippen LogP contribution is 2.32. The molecule has 6 rings (SSSR count). The number of alkyl halides is 4. The van der Waals surface area contributed by atoms with E-state index in [1.807, 2.05) is 0 Å². The zero-order valence-corrected chi connectivity index (χ0v) is 19.1. The molecule has 1 aromatic carbocycles. The highest BCUT2D eigenvalue weighted by Gasteiger charge is 2.35. The van der Waals surface area contributed by atoms with E-state index in [-0.39, 0.29) is 17.8 Å². The highest BCUT2D eigenvalue weighted by molar-refractivity contribution is 5.91. The van der Waals surface area contributed by atoms with Crippen LogP contribution in [0, 0.1) is 0 Å². The normalized spacial score (nSPS) is 21.8. The van der Waals surface area contributed by atoms with E-state index in [1.54, 1.807) is 35.0 Å². The minimum atomic E-state index is -4.37. The second-order valence-corrected chi connectivity index (χ2v) is 9.28. The number of nitrogens with one attached hydrogen (secondary N) is 1. The van der Waals surface area contributed by atoms with E-state index in [4.69, 9.17) is 10.5 Å². The maximum absolute atomic E-state index is 14.9. The van der Waals surface area contributed by atoms with Crippen LogP contribution >= 0.6 is 0 Å². The van der Waals surface area contributed by atoms with Gasteiger partial charge in [-0.25, -0.2) is 13.9 Å². The van der Waals surface area contributed by atoms with E-state index >= 15 is 0 Å². The van der Waals surface area contributed by atoms with Crippen LogP contribution < -0.4 is 11.1 Å². The zero-order chi connectivity index (χ0) is 25.0. The molecule has 2 atom stereocenters. The molecule has 5 heterocycles. The number of hydrogen-bond donors (Lipinski definition) is 2. The smallest absolute Gasteiger partial charge is 0.382 e. The number of fused-ring (bicyclic) bond motifs is 2. The molecule has 2 fully saturated rings. The Hall–Kier alpha value is -3.45. The van der Waals surface area contributed by atoms with E-state index in [0.717, 1.165) is 11.1 Å². The zero-order valence-electron chi connectivity index (χ0n) is 19.1. The van der Waals surface area contributed by atoms with Gasteiger partial charge in [-0.1, -0.05) is 6.07 Å². The number of nitrogen functional groups attached to an aromatic ring is 1. The summed E-state index contributed by atoms with van der Waals surface area (Å²) in [5, 5.41) is 7.54. The second-order valence-electron chi connectivity index (χ2n) is 9.28. The lowest BCUT2D eigenvalue weighted by atomic mass is 10.0. The Morgan fingerprint density at radius 2 is 2.03 bits per heavy atom. The fourth-order valence-electron chi connectivity index (χ4n) is 4.91. The Labute approximate surface area is 202 Å². The van der Waals surface area contributed by atoms with E-state index < -0.39 is 24.9 Å². The third-order valence-electron chi connectivity index (χ3n) is 6.84. The number of ether oxygens (including phenoxy) is 1. The number of piperidine rings is 1. The Morgan fingerprint density at radius 3 is 2.75 bits per heavy atom. The van der Waals surface area contributed by atoms with Crippen molar-refractivity contribution >= 4 is 28.3 Å². The van der Waals surface area contributed by atoms with Gasteiger partial charge in [0.1, 0.15) is 18.2 Å². The van der Waals surface area contributed by atoms with Gasteiger partial charge in [0.15, 0.2) is 5.82 Å². The molecule has 4 aromatic rings. The maximum Gasteiger partial charge on any atom is 0.406 e. The Balaban J connectivity index is 1.26. The molecule has 13 heteroatoms. The van der Waals surface area contributed by atoms with Crippen LogP contribution in [-0.2, 0) is 11.3 Å². The number of nitrogens with two attached hydrogens (primary N) is 1. The van der Waals surface area contributed by atoms with Gasteiger partial charge in [0, 0.05) is 24.8 Å². The average Bonchev–Trinajstić information content (AvgIpc) is 3.38. The molecule has 190 valence electrons. The fourth-order valence-corrected chi connectivity index (χ4v) is 4.91. The molecule has 0 radical (unpaired) electrons. The molecule has 0 aliphatic carbocycles. The number of likely N-dealkylation sites (tertiary alicyclic amines) is 1. The summed E-state index contributed by atoms with van der Waals surface area (Å²) < 4.78 is 61.6. The van der Waals surface area contributed by atoms with Gasteiger partial charge < -0.3 is 20.4 Å². The van der Waals surface area contributed by atoms with Crippen molar-refractivity contribution in [2.45, 2.75) is 37.4 Å². The molecule has 3 aromatic heterocycles. The third-order valence-corrected chi connectivity index (χ3v) is 6.84. The summed E-state index contributed by atoms with van der Waals surface area (Å²) in [4.78, 5) is 10.5. The monoisotopic (exact) mass is 504 g/mol. The number of anilines is 2. The van der Waals surface area contributed by atoms with Crippen molar-refractivity contribution in [1.82, 2.24) is 29.0 Å². The van der Waals surface area contributed by atoms with Gasteiger partial charge >= 0.3 is 6.18 Å². The standard InChI is InChI=1S/C23H24F4N8O/c24-16-8-33(14-9-36-10-14)5-4-17(16)30-22-31-21(28)20-15(3-6-35(20)32-22)13-1-2-18-19(7-13)34(12-29-18)11-23(25,26)27/h1-3,6-7,12,14,16-17H,4-5,8-11H2,(H3,28,30,31,32). The largest absolute Gasteiger partial charge is 0.406 e. The molecule has 0 saturated carbocycles. The summed E-state index contributed by atoms with van der Waals surface area (Å²) in [6.07, 6.45) is -1.99. The van der Waals surface area contributed by atoms with Gasteiger partial charge in [0.25, 0.3) is 0 Å². The number of rotatable bonds is 5. The first-order valence-electron chi connectivity index (χ1n) is 11.6. The van der Waals surface area contributed by atoms with E-state index in [2.05, 4.69) is 25.3 Å². The molecule has 2 aliphatic heterocycles. The number of hydrogen-bond acceptors (Lipinski definition) is 7. The summed E-state index contributed by atoms with van der Waals surface area (Å²) >= 11 is 0. The van der Waals surface area contributed by atoms with Crippen molar-refractivity contribution in [3.63, 3.8) is 0 Å². The minimum Gasteiger partial charge on any atom is -0.382 e. The van der Waals surface area contributed by atoms with Gasteiger partial charge in [-0.2, -0.15) is 18.2 Å². The summed E-state index contributed by atoms with van der Waals surface area (Å²) in [6.45, 7) is 1.24. The minimum absolute atomic E-state index is 0.177. The van der Waals surface area contributed by atoms with Gasteiger partial charge in [0.2, 0.25) is 5.95 Å². The molecule has 0 amide bonds. The Morgan fingerprint density at radius 1 is 1.19 bits per heavy atom. The number of benzene rings is 1. The third kappa shape index (κ3) is 4.22. The van der Waals surface area contributed by atoms with Crippen LogP contribution in [-0.4, -0.2) is 79.8 Å². The van der Waals surface area contributed by atoms with Gasteiger partial charge in [-0.05, 0) is 30.2 Å². The SMILES string of the molecule is Nc1nc(NC2CCN(C3COC3)CC2F)nn2ccc(-c3ccc4ncn(CC(F)(F)F)c4c3)c12. The van der Waals surface area contributed by atoms with E-state index in [0.29, 0.717) is 53.9 Å². The summed E-state index contributed by atoms with van der Waals surface area (Å²) in [7, 11) is 0. The van der Waals surface area contributed by atoms with Crippen molar-refractivity contribution in [2.24, 2.45) is 0 Å². The van der Waals surface area contributed by atoms with Crippen molar-refractivity contribution in [3.8, 4) is 11.1 Å². The number of imidazole rings is 1. The molecule has 2 unspecified atom stereocenters. The van der Waals surface area contributed by atoms with Crippen LogP contribution in [0.2, 0.25) is 0 Å². The molecule has 2 aliphatic rings. The summed E-state index contributed by atoms with van der Waals surface area (Å²) in [6, 6.07) is 6.69. The second kappa shape index (κ2) is 8.59. The lowest BCUT2D eigenvalue weighted by molar-refractivity contribution is -0.139. The van der Waals surface area contributed by atoms with Crippen LogP contribution in [0.3, 0.4) is 0 Å². The number of aromatic nitrogens is 5. The van der Waals surface area contributed by atoms with Gasteiger partial charge in [-0.15, -0.1) is 5.10 Å². The average molecular weight is 504 g/mol. The number of halogens is 4. The predicted octanol–water partition coefficient (Wildman–Crippen LogP) is 3.11. The van der Waals surface area contributed by atoms with Crippen LogP contribution in [0.15, 0.2) is 36.8 Å². The first-order chi connectivity index (χ1) is 17.2. The Bertz CT molecular complexity index is 1410. The van der Waals surface area contributed by atoms with Crippen molar-refractivity contribution in [1.29, 1.82) is 0 Å². The number of nitrogens with zero attached hydrogens (tertiary/aromatic N) is 6. The quantitative estimate of drug-likeness (QED) is 0.403. The first kappa shape index (κ1) is 23.0. The first-order valence-corrected chi connectivity index (χ1v) is 11.6. The van der Waals surface area contributed by atoms with E-state index in [9.17, 15) is 17.6 Å². The molecule has 9 nitrogen and oxygen atoms in total. The van der Waals surface area contributed by atoms with E-state index in [1.165, 1.54) is 6.33 Å². The van der Waals surface area contributed by atoms with Crippen LogP contribution in [0.5, 0.6) is 0 Å². The van der Waals surface area contributed by atoms with Gasteiger partial charge in [0.05, 0.1) is 42.7 Å². The van der Waals surface area contributed by atoms with Crippen LogP contribution in [0.25, 0.3) is 27.7 Å². The van der Waals surface area contributed by atoms with Crippen molar-refractivity contribution < 1.29 is 22.3 Å². The van der Waals surface area contributed by atoms with Crippen molar-refractivity contribution in [2.75, 3.05) is 37.4 Å². The van der Waals surface area contributed by atoms with Crippen LogP contribution in [0.4, 0.5) is 29.3 Å². The molecule has 3 N–H and O–H groups in total. The lowest BCUT2D eigenvalue weighted by Crippen LogP contribution is -2.57. The topological polar surface area (TPSA) is 98.5 Å². The molecule has 0 spiro atoms. The van der Waals surface area contributed by atoms with Crippen LogP contribution in [0.1, 0.15) is 6.42 Å². The fraction of sp³-hybridized carbons (Fsp3) is 0.435. The summed E-state index contributed by atoms with van der Waals surface area (Å²) in [5.74, 6) is 0.393. The molecule has 36 heavy (non-hydrogen) atoms. The maximum atomic E-state index is 14.9. The predicted molar refractivity (Wildman–Crippen MR) is 125 cm³/mol. The molecular formula is C23H24F4N8O. The molecule has 0 bridgehead atoms. The van der Waals surface area contributed by atoms with Gasteiger partial charge in [-0.3, -0.25) is 4.90 Å². The van der Waals surface area contributed by atoms with Crippen molar-refractivity contribution in [3.05, 3.63) is 36.8 Å². The lowest BCUT2D eigenvalue weighted by Gasteiger charge is -2.42. The molecular weight excluding hydrogens is 480 g/mol.